The van der Waals surface area contributed by atoms with Gasteiger partial charge in [0, 0.05) is 16.1 Å². The van der Waals surface area contributed by atoms with Crippen molar-refractivity contribution in [2.75, 3.05) is 4.90 Å². The zero-order valence-electron chi connectivity index (χ0n) is 17.1. The maximum absolute atomic E-state index is 13.0. The van der Waals surface area contributed by atoms with Crippen molar-refractivity contribution in [1.29, 1.82) is 0 Å². The molecule has 0 saturated carbocycles. The highest BCUT2D eigenvalue weighted by atomic mass is 35.5. The fraction of sp³-hybridized carbons (Fsp3) is 0.0800. The van der Waals surface area contributed by atoms with Crippen LogP contribution in [0, 0.1) is 0 Å². The molecule has 1 saturated heterocycles. The third-order valence-corrected chi connectivity index (χ3v) is 6.51. The molecule has 1 fully saturated rings. The highest BCUT2D eigenvalue weighted by Crippen LogP contribution is 2.36. The summed E-state index contributed by atoms with van der Waals surface area (Å²) in [5, 5.41) is 0.667. The molecule has 1 aliphatic heterocycles. The first-order valence-electron chi connectivity index (χ1n) is 9.77. The van der Waals surface area contributed by atoms with Gasteiger partial charge in [-0.15, -0.1) is 0 Å². The lowest BCUT2D eigenvalue weighted by Gasteiger charge is -2.15. The molecule has 0 atom stereocenters. The molecule has 160 valence electrons. The van der Waals surface area contributed by atoms with Crippen LogP contribution in [-0.4, -0.2) is 16.0 Å². The zero-order chi connectivity index (χ0) is 22.7. The van der Waals surface area contributed by atoms with Gasteiger partial charge < -0.3 is 4.74 Å². The third-order valence-electron chi connectivity index (χ3n) is 4.83. The predicted octanol–water partition coefficient (Wildman–Crippen LogP) is 6.53. The number of carbonyl (C=O) groups is 2. The predicted molar refractivity (Wildman–Crippen MR) is 134 cm³/mol. The van der Waals surface area contributed by atoms with E-state index < -0.39 is 0 Å². The van der Waals surface area contributed by atoms with E-state index in [0.29, 0.717) is 37.9 Å². The molecule has 1 heterocycles. The van der Waals surface area contributed by atoms with Crippen molar-refractivity contribution in [3.63, 3.8) is 0 Å². The first kappa shape index (κ1) is 22.3. The first-order chi connectivity index (χ1) is 15.4. The van der Waals surface area contributed by atoms with E-state index in [1.165, 1.54) is 23.6 Å². The molecule has 32 heavy (non-hydrogen) atoms. The van der Waals surface area contributed by atoms with Gasteiger partial charge in [-0.05, 0) is 48.9 Å². The molecule has 0 aliphatic carbocycles. The minimum absolute atomic E-state index is 0.0651. The number of carbonyl (C=O) groups excluding carboxylic acids is 2. The fourth-order valence-corrected chi connectivity index (χ4v) is 4.63. The number of thiocarbonyl (C=S) groups is 1. The molecule has 1 aliphatic rings. The van der Waals surface area contributed by atoms with Crippen LogP contribution in [0.3, 0.4) is 0 Å². The maximum Gasteiger partial charge on any atom is 0.270 e. The number of nitrogens with zero attached hydrogens (tertiary/aromatic N) is 1. The van der Waals surface area contributed by atoms with Gasteiger partial charge in [0.25, 0.3) is 5.91 Å². The molecule has 0 spiro atoms. The summed E-state index contributed by atoms with van der Waals surface area (Å²) < 4.78 is 6.24. The van der Waals surface area contributed by atoms with Crippen molar-refractivity contribution >= 4 is 63.4 Å². The second-order valence-electron chi connectivity index (χ2n) is 7.07. The first-order valence-corrected chi connectivity index (χ1v) is 11.4. The van der Waals surface area contributed by atoms with Crippen LogP contribution in [0.5, 0.6) is 5.75 Å². The lowest BCUT2D eigenvalue weighted by atomic mass is 10.1. The number of anilines is 1. The number of hydrogen-bond acceptors (Lipinski definition) is 5. The van der Waals surface area contributed by atoms with Crippen molar-refractivity contribution < 1.29 is 14.3 Å². The Hall–Kier alpha value is -2.93. The van der Waals surface area contributed by atoms with Gasteiger partial charge in [0.15, 0.2) is 10.1 Å². The average Bonchev–Trinajstić information content (AvgIpc) is 3.07. The Kier molecular flexibility index (Phi) is 6.74. The maximum atomic E-state index is 13.0. The minimum Gasteiger partial charge on any atom is -0.489 e. The van der Waals surface area contributed by atoms with Crippen molar-refractivity contribution in [3.8, 4) is 5.75 Å². The lowest BCUT2D eigenvalue weighted by Crippen LogP contribution is -2.27. The van der Waals surface area contributed by atoms with E-state index in [1.807, 2.05) is 48.5 Å². The number of halogens is 1. The number of rotatable bonds is 6. The van der Waals surface area contributed by atoms with Gasteiger partial charge in [0.05, 0.1) is 10.6 Å². The molecule has 0 aromatic heterocycles. The molecule has 0 N–H and O–H groups in total. The summed E-state index contributed by atoms with van der Waals surface area (Å²) >= 11 is 12.8. The lowest BCUT2D eigenvalue weighted by molar-refractivity contribution is -0.113. The Morgan fingerprint density at radius 3 is 2.56 bits per heavy atom. The monoisotopic (exact) mass is 479 g/mol. The van der Waals surface area contributed by atoms with Crippen LogP contribution in [0.25, 0.3) is 6.08 Å². The van der Waals surface area contributed by atoms with Crippen LogP contribution in [0.2, 0.25) is 5.02 Å². The highest BCUT2D eigenvalue weighted by molar-refractivity contribution is 8.27. The van der Waals surface area contributed by atoms with Gasteiger partial charge >= 0.3 is 0 Å². The van der Waals surface area contributed by atoms with Crippen LogP contribution in [-0.2, 0) is 11.4 Å². The van der Waals surface area contributed by atoms with Crippen LogP contribution < -0.4 is 9.64 Å². The normalized spacial score (nSPS) is 14.8. The minimum atomic E-state index is -0.209. The summed E-state index contributed by atoms with van der Waals surface area (Å²) in [5.41, 5.74) is 2.89. The van der Waals surface area contributed by atoms with Gasteiger partial charge in [0.1, 0.15) is 12.4 Å². The van der Waals surface area contributed by atoms with Crippen molar-refractivity contribution in [1.82, 2.24) is 0 Å². The van der Waals surface area contributed by atoms with Crippen LogP contribution in [0.15, 0.2) is 77.7 Å². The van der Waals surface area contributed by atoms with E-state index >= 15 is 0 Å². The average molecular weight is 480 g/mol. The Morgan fingerprint density at radius 1 is 1.09 bits per heavy atom. The number of amides is 1. The molecular weight excluding hydrogens is 462 g/mol. The van der Waals surface area contributed by atoms with Crippen molar-refractivity contribution in [2.45, 2.75) is 13.5 Å². The van der Waals surface area contributed by atoms with E-state index in [-0.39, 0.29) is 11.7 Å². The SMILES string of the molecule is CC(=O)c1cccc(N2C(=O)C(=Cc3ccc(OCc4ccccc4Cl)cc3)SC2=S)c1. The Labute approximate surface area is 200 Å². The third kappa shape index (κ3) is 4.93. The van der Waals surface area contributed by atoms with Gasteiger partial charge in [-0.1, -0.05) is 78.0 Å². The largest absolute Gasteiger partial charge is 0.489 e. The van der Waals surface area contributed by atoms with Crippen molar-refractivity contribution in [2.24, 2.45) is 0 Å². The summed E-state index contributed by atoms with van der Waals surface area (Å²) in [6.07, 6.45) is 1.80. The number of hydrogen-bond donors (Lipinski definition) is 0. The number of benzene rings is 3. The van der Waals surface area contributed by atoms with Gasteiger partial charge in [-0.2, -0.15) is 0 Å². The molecule has 0 radical (unpaired) electrons. The Bertz CT molecular complexity index is 1240. The standard InChI is InChI=1S/C25H18ClNO3S2/c1-16(28)18-6-4-7-20(14-18)27-24(29)23(32-25(27)31)13-17-9-11-21(12-10-17)30-15-19-5-2-3-8-22(19)26/h2-14H,15H2,1H3. The highest BCUT2D eigenvalue weighted by Gasteiger charge is 2.33. The van der Waals surface area contributed by atoms with E-state index in [2.05, 4.69) is 0 Å². The molecule has 3 aromatic carbocycles. The van der Waals surface area contributed by atoms with Gasteiger partial charge in [-0.25, -0.2) is 0 Å². The molecule has 0 unspecified atom stereocenters. The molecule has 4 rings (SSSR count). The molecule has 0 bridgehead atoms. The molecule has 3 aromatic rings. The van der Waals surface area contributed by atoms with Crippen molar-refractivity contribution in [3.05, 3.63) is 99.4 Å². The topological polar surface area (TPSA) is 46.6 Å². The summed E-state index contributed by atoms with van der Waals surface area (Å²) in [5.74, 6) is 0.431. The van der Waals surface area contributed by atoms with E-state index in [9.17, 15) is 9.59 Å². The number of ether oxygens (including phenoxy) is 1. The number of thioether (sulfide) groups is 1. The summed E-state index contributed by atoms with van der Waals surface area (Å²) in [7, 11) is 0. The summed E-state index contributed by atoms with van der Waals surface area (Å²) in [6, 6.07) is 21.9. The Balaban J connectivity index is 1.47. The molecule has 4 nitrogen and oxygen atoms in total. The van der Waals surface area contributed by atoms with Gasteiger partial charge in [0.2, 0.25) is 0 Å². The van der Waals surface area contributed by atoms with Crippen LogP contribution >= 0.6 is 35.6 Å². The quantitative estimate of drug-likeness (QED) is 0.228. The van der Waals surface area contributed by atoms with E-state index in [1.54, 1.807) is 30.3 Å². The second-order valence-corrected chi connectivity index (χ2v) is 9.16. The number of Topliss-reactive ketones (excluding diaryl/α,β-unsaturated/α-hetero) is 1. The fourth-order valence-electron chi connectivity index (χ4n) is 3.14. The van der Waals surface area contributed by atoms with E-state index in [4.69, 9.17) is 28.6 Å². The molecule has 7 heteroatoms. The second kappa shape index (κ2) is 9.69. The number of ketones is 1. The summed E-state index contributed by atoms with van der Waals surface area (Å²) in [4.78, 5) is 26.6. The van der Waals surface area contributed by atoms with E-state index in [0.717, 1.165) is 11.1 Å². The molecular formula is C25H18ClNO3S2. The van der Waals surface area contributed by atoms with Crippen LogP contribution in [0.1, 0.15) is 28.4 Å². The van der Waals surface area contributed by atoms with Gasteiger partial charge in [-0.3, -0.25) is 14.5 Å². The zero-order valence-corrected chi connectivity index (χ0v) is 19.5. The smallest absolute Gasteiger partial charge is 0.270 e. The molecule has 1 amide bonds. The van der Waals surface area contributed by atoms with Crippen LogP contribution in [0.4, 0.5) is 5.69 Å². The Morgan fingerprint density at radius 2 is 1.84 bits per heavy atom. The summed E-state index contributed by atoms with van der Waals surface area (Å²) in [6.45, 7) is 1.86.